The zero-order chi connectivity index (χ0) is 25.1. The Hall–Kier alpha value is -3.58. The summed E-state index contributed by atoms with van der Waals surface area (Å²) in [6.45, 7) is 8.71. The van der Waals surface area contributed by atoms with Crippen molar-refractivity contribution in [2.24, 2.45) is 21.1 Å². The van der Waals surface area contributed by atoms with E-state index in [0.717, 1.165) is 34.8 Å². The molecule has 4 aromatic rings. The third kappa shape index (κ3) is 3.97. The largest absolute Gasteiger partial charge is 0.493 e. The number of aromatic nitrogens is 2. The molecular formula is C29H31N5O2. The van der Waals surface area contributed by atoms with Crippen molar-refractivity contribution in [1.82, 2.24) is 14.5 Å². The second kappa shape index (κ2) is 8.23. The molecule has 1 amide bonds. The van der Waals surface area contributed by atoms with Crippen LogP contribution >= 0.6 is 0 Å². The Kier molecular flexibility index (Phi) is 5.23. The van der Waals surface area contributed by atoms with E-state index in [1.807, 2.05) is 59.2 Å². The Labute approximate surface area is 210 Å². The van der Waals surface area contributed by atoms with Crippen molar-refractivity contribution in [2.45, 2.75) is 52.7 Å². The maximum atomic E-state index is 12.8. The summed E-state index contributed by atoms with van der Waals surface area (Å²) in [6.07, 6.45) is 3.56. The second-order valence-electron chi connectivity index (χ2n) is 11.6. The van der Waals surface area contributed by atoms with E-state index < -0.39 is 5.91 Å². The molecule has 1 aliphatic heterocycles. The molecule has 7 heteroatoms. The molecule has 1 aliphatic carbocycles. The van der Waals surface area contributed by atoms with Gasteiger partial charge in [0.15, 0.2) is 5.69 Å². The number of amides is 1. The lowest BCUT2D eigenvalue weighted by Crippen LogP contribution is -2.35. The van der Waals surface area contributed by atoms with Gasteiger partial charge in [-0.2, -0.15) is 0 Å². The van der Waals surface area contributed by atoms with Gasteiger partial charge in [0.25, 0.3) is 0 Å². The highest BCUT2D eigenvalue weighted by atomic mass is 16.3. The molecule has 0 unspecified atom stereocenters. The third-order valence-corrected chi connectivity index (χ3v) is 7.82. The Bertz CT molecular complexity index is 1520. The minimum atomic E-state index is -0.541. The van der Waals surface area contributed by atoms with E-state index in [-0.39, 0.29) is 11.6 Å². The maximum Gasteiger partial charge on any atom is 0.313 e. The number of aromatic hydroxyl groups is 1. The fourth-order valence-corrected chi connectivity index (χ4v) is 6.77. The first-order chi connectivity index (χ1) is 17.2. The van der Waals surface area contributed by atoms with Crippen LogP contribution in [0.3, 0.4) is 0 Å². The number of carbonyl (C=O) groups excluding carboxylic acids is 1. The Balaban J connectivity index is 1.31. The number of para-hydroxylation sites is 2. The van der Waals surface area contributed by atoms with E-state index in [1.54, 1.807) is 6.07 Å². The first-order valence-electron chi connectivity index (χ1n) is 12.6. The van der Waals surface area contributed by atoms with Crippen LogP contribution in [0.15, 0.2) is 70.9 Å². The molecule has 1 saturated heterocycles. The molecular weight excluding hydrogens is 450 g/mol. The minimum absolute atomic E-state index is 0.0325. The minimum Gasteiger partial charge on any atom is -0.493 e. The lowest BCUT2D eigenvalue weighted by molar-refractivity contribution is 0.0990. The molecule has 2 aromatic carbocycles. The van der Waals surface area contributed by atoms with E-state index in [1.165, 1.54) is 12.8 Å². The predicted octanol–water partition coefficient (Wildman–Crippen LogP) is 6.68. The number of fused-ring (bicyclic) bond motifs is 4. The average molecular weight is 482 g/mol. The highest BCUT2D eigenvalue weighted by molar-refractivity contribution is 5.97. The summed E-state index contributed by atoms with van der Waals surface area (Å²) >= 11 is 0. The van der Waals surface area contributed by atoms with Gasteiger partial charge in [0.2, 0.25) is 5.88 Å². The van der Waals surface area contributed by atoms with Gasteiger partial charge in [0.1, 0.15) is 5.69 Å². The topological polar surface area (TPSA) is 83.1 Å². The number of benzene rings is 2. The normalized spacial score (nSPS) is 23.7. The zero-order valence-corrected chi connectivity index (χ0v) is 21.0. The quantitative estimate of drug-likeness (QED) is 0.330. The van der Waals surface area contributed by atoms with E-state index in [2.05, 4.69) is 40.9 Å². The van der Waals surface area contributed by atoms with Crippen molar-refractivity contribution in [3.05, 3.63) is 66.4 Å². The summed E-state index contributed by atoms with van der Waals surface area (Å²) in [6, 6.07) is 19.4. The van der Waals surface area contributed by atoms with Gasteiger partial charge in [0, 0.05) is 23.4 Å². The van der Waals surface area contributed by atoms with Gasteiger partial charge in [-0.25, -0.2) is 4.98 Å². The lowest BCUT2D eigenvalue weighted by Gasteiger charge is -2.40. The number of hydrogen-bond acceptors (Lipinski definition) is 5. The lowest BCUT2D eigenvalue weighted by atomic mass is 9.65. The number of pyridine rings is 1. The standard InChI is InChI=1S/C29H31N5O2/c1-28(2)14-20-15-29(3,16-28)17-33(20)18-34-24-11-7-5-9-21(24)25(27(34)36)31-32-26(35)23-13-12-19-8-4-6-10-22(19)30-23/h4-13,20,36H,14-18H2,1-3H3/t20-,29-/m1/s1. The molecule has 2 fully saturated rings. The van der Waals surface area contributed by atoms with Crippen molar-refractivity contribution in [1.29, 1.82) is 0 Å². The molecule has 36 heavy (non-hydrogen) atoms. The molecule has 2 aromatic heterocycles. The molecule has 184 valence electrons. The first-order valence-corrected chi connectivity index (χ1v) is 12.6. The van der Waals surface area contributed by atoms with Gasteiger partial charge in [0.05, 0.1) is 17.7 Å². The second-order valence-corrected chi connectivity index (χ2v) is 11.6. The molecule has 3 heterocycles. The van der Waals surface area contributed by atoms with Crippen LogP contribution in [0.4, 0.5) is 5.69 Å². The summed E-state index contributed by atoms with van der Waals surface area (Å²) < 4.78 is 1.90. The molecule has 1 N–H and O–H groups in total. The number of nitrogens with zero attached hydrogens (tertiary/aromatic N) is 5. The van der Waals surface area contributed by atoms with Crippen LogP contribution in [0, 0.1) is 10.8 Å². The number of rotatable bonds is 4. The van der Waals surface area contributed by atoms with Crippen molar-refractivity contribution < 1.29 is 9.90 Å². The SMILES string of the molecule is CC1(C)C[C@@H]2C[C@@](C)(CN2Cn2c(O)c(N=NC(=O)c3ccc4ccccc4n3)c3ccccc32)C1. The molecule has 0 spiro atoms. The predicted molar refractivity (Wildman–Crippen MR) is 140 cm³/mol. The molecule has 6 rings (SSSR count). The highest BCUT2D eigenvalue weighted by Crippen LogP contribution is 2.53. The summed E-state index contributed by atoms with van der Waals surface area (Å²) in [5.74, 6) is -0.509. The fourth-order valence-electron chi connectivity index (χ4n) is 6.77. The van der Waals surface area contributed by atoms with Crippen LogP contribution in [-0.2, 0) is 6.67 Å². The van der Waals surface area contributed by atoms with Crippen LogP contribution in [0.25, 0.3) is 21.8 Å². The Morgan fingerprint density at radius 2 is 1.83 bits per heavy atom. The van der Waals surface area contributed by atoms with E-state index in [4.69, 9.17) is 0 Å². The van der Waals surface area contributed by atoms with Gasteiger partial charge in [-0.1, -0.05) is 63.2 Å². The van der Waals surface area contributed by atoms with Gasteiger partial charge in [-0.15, -0.1) is 10.2 Å². The molecule has 1 saturated carbocycles. The first kappa shape index (κ1) is 22.9. The average Bonchev–Trinajstić information content (AvgIpc) is 3.25. The number of azo groups is 1. The van der Waals surface area contributed by atoms with Crippen LogP contribution in [0.1, 0.15) is 50.5 Å². The van der Waals surface area contributed by atoms with Crippen LogP contribution in [0.5, 0.6) is 5.88 Å². The molecule has 7 nitrogen and oxygen atoms in total. The van der Waals surface area contributed by atoms with Gasteiger partial charge in [-0.3, -0.25) is 14.3 Å². The number of hydrogen-bond donors (Lipinski definition) is 1. The number of likely N-dealkylation sites (tertiary alicyclic amines) is 1. The molecule has 2 atom stereocenters. The zero-order valence-electron chi connectivity index (χ0n) is 21.0. The number of carbonyl (C=O) groups is 1. The third-order valence-electron chi connectivity index (χ3n) is 7.82. The van der Waals surface area contributed by atoms with E-state index in [9.17, 15) is 9.90 Å². The van der Waals surface area contributed by atoms with Crippen molar-refractivity contribution in [3.8, 4) is 5.88 Å². The summed E-state index contributed by atoms with van der Waals surface area (Å²) in [4.78, 5) is 19.7. The molecule has 2 bridgehead atoms. The smallest absolute Gasteiger partial charge is 0.313 e. The van der Waals surface area contributed by atoms with Crippen LogP contribution in [0.2, 0.25) is 0 Å². The van der Waals surface area contributed by atoms with Gasteiger partial charge in [-0.05, 0) is 48.3 Å². The van der Waals surface area contributed by atoms with Crippen LogP contribution in [-0.4, -0.2) is 38.1 Å². The van der Waals surface area contributed by atoms with Gasteiger partial charge >= 0.3 is 5.91 Å². The van der Waals surface area contributed by atoms with Crippen molar-refractivity contribution in [3.63, 3.8) is 0 Å². The van der Waals surface area contributed by atoms with Crippen molar-refractivity contribution in [2.75, 3.05) is 6.54 Å². The highest BCUT2D eigenvalue weighted by Gasteiger charge is 2.49. The Morgan fingerprint density at radius 1 is 1.06 bits per heavy atom. The summed E-state index contributed by atoms with van der Waals surface area (Å²) in [7, 11) is 0. The van der Waals surface area contributed by atoms with Gasteiger partial charge < -0.3 is 5.11 Å². The Morgan fingerprint density at radius 3 is 2.69 bits per heavy atom. The fraction of sp³-hybridized carbons (Fsp3) is 0.379. The van der Waals surface area contributed by atoms with Crippen LogP contribution < -0.4 is 0 Å². The molecule has 0 radical (unpaired) electrons. The summed E-state index contributed by atoms with van der Waals surface area (Å²) in [5, 5.41) is 21.2. The summed E-state index contributed by atoms with van der Waals surface area (Å²) in [5.41, 5.74) is 2.77. The van der Waals surface area contributed by atoms with E-state index in [0.29, 0.717) is 29.2 Å². The van der Waals surface area contributed by atoms with Crippen molar-refractivity contribution >= 4 is 33.4 Å². The maximum absolute atomic E-state index is 12.8. The van der Waals surface area contributed by atoms with E-state index >= 15 is 0 Å². The molecule has 2 aliphatic rings. The monoisotopic (exact) mass is 481 g/mol.